The number of nitro benzene ring substituents is 1. The van der Waals surface area contributed by atoms with Crippen LogP contribution in [0.15, 0.2) is 63.9 Å². The molecule has 2 aromatic heterocycles. The second-order valence-corrected chi connectivity index (χ2v) is 8.49. The van der Waals surface area contributed by atoms with Crippen LogP contribution >= 0.6 is 0 Å². The van der Waals surface area contributed by atoms with E-state index in [-0.39, 0.29) is 17.9 Å². The number of ether oxygens (including phenoxy) is 1. The minimum Gasteiger partial charge on any atom is -0.486 e. The summed E-state index contributed by atoms with van der Waals surface area (Å²) in [5.41, 5.74) is 0.804. The predicted octanol–water partition coefficient (Wildman–Crippen LogP) is 3.27. The van der Waals surface area contributed by atoms with Crippen LogP contribution in [-0.4, -0.2) is 38.2 Å². The van der Waals surface area contributed by atoms with Gasteiger partial charge in [-0.1, -0.05) is 17.3 Å². The molecule has 0 radical (unpaired) electrons. The normalized spacial score (nSPS) is 12.8. The van der Waals surface area contributed by atoms with E-state index in [4.69, 9.17) is 9.15 Å². The number of benzene rings is 2. The Kier molecular flexibility index (Phi) is 6.45. The minimum atomic E-state index is -0.722. The van der Waals surface area contributed by atoms with Crippen molar-refractivity contribution in [3.8, 4) is 5.75 Å². The highest BCUT2D eigenvalue weighted by atomic mass is 16.6. The van der Waals surface area contributed by atoms with Crippen molar-refractivity contribution in [1.29, 1.82) is 0 Å². The molecule has 1 aliphatic heterocycles. The monoisotopic (exact) mass is 503 g/mol. The molecule has 4 aromatic rings. The van der Waals surface area contributed by atoms with Gasteiger partial charge in [-0.25, -0.2) is 4.79 Å². The van der Waals surface area contributed by atoms with Gasteiger partial charge in [0.05, 0.1) is 33.8 Å². The number of aryl methyl sites for hydroxylation is 1. The van der Waals surface area contributed by atoms with Crippen LogP contribution in [0.3, 0.4) is 0 Å². The maximum absolute atomic E-state index is 12.3. The molecule has 0 saturated heterocycles. The largest absolute Gasteiger partial charge is 0.486 e. The molecule has 12 heteroatoms. The molecule has 0 bridgehead atoms. The lowest BCUT2D eigenvalue weighted by Gasteiger charge is -2.16. The zero-order chi connectivity index (χ0) is 25.9. The van der Waals surface area contributed by atoms with Crippen molar-refractivity contribution >= 4 is 34.0 Å². The van der Waals surface area contributed by atoms with Crippen molar-refractivity contribution in [3.63, 3.8) is 0 Å². The summed E-state index contributed by atoms with van der Waals surface area (Å²) in [6, 6.07) is 12.3. The van der Waals surface area contributed by atoms with Crippen LogP contribution in [0.25, 0.3) is 11.0 Å². The fraction of sp³-hybridized carbons (Fsp3) is 0.240. The highest BCUT2D eigenvalue weighted by molar-refractivity contribution is 6.52. The van der Waals surface area contributed by atoms with Crippen LogP contribution in [-0.2, 0) is 17.9 Å². The molecule has 37 heavy (non-hydrogen) atoms. The van der Waals surface area contributed by atoms with Crippen molar-refractivity contribution in [1.82, 2.24) is 15.0 Å². The summed E-state index contributed by atoms with van der Waals surface area (Å²) in [6.07, 6.45) is 3.93. The molecule has 0 saturated carbocycles. The Labute approximate surface area is 209 Å². The first kappa shape index (κ1) is 23.9. The molecule has 0 fully saturated rings. The van der Waals surface area contributed by atoms with Crippen LogP contribution < -0.4 is 15.3 Å². The molecule has 188 valence electrons. The van der Waals surface area contributed by atoms with Crippen LogP contribution in [0.4, 0.5) is 11.4 Å². The lowest BCUT2D eigenvalue weighted by atomic mass is 10.1. The summed E-state index contributed by atoms with van der Waals surface area (Å²) in [5, 5.41) is 19.9. The van der Waals surface area contributed by atoms with E-state index >= 15 is 0 Å². The number of rotatable bonds is 10. The fourth-order valence-electron chi connectivity index (χ4n) is 4.21. The van der Waals surface area contributed by atoms with Gasteiger partial charge in [-0.05, 0) is 37.5 Å². The number of carbonyl (C=O) groups excluding carboxylic acids is 2. The zero-order valence-corrected chi connectivity index (χ0v) is 19.5. The van der Waals surface area contributed by atoms with Crippen LogP contribution in [0.2, 0.25) is 0 Å². The summed E-state index contributed by atoms with van der Waals surface area (Å²) in [4.78, 5) is 48.1. The third-order valence-electron chi connectivity index (χ3n) is 6.01. The van der Waals surface area contributed by atoms with E-state index in [1.165, 1.54) is 23.1 Å². The van der Waals surface area contributed by atoms with Gasteiger partial charge in [0.1, 0.15) is 23.6 Å². The van der Waals surface area contributed by atoms with Gasteiger partial charge in [0.25, 0.3) is 17.4 Å². The lowest BCUT2D eigenvalue weighted by molar-refractivity contribution is -0.384. The Morgan fingerprint density at radius 2 is 1.81 bits per heavy atom. The molecule has 1 aliphatic rings. The van der Waals surface area contributed by atoms with Gasteiger partial charge >= 0.3 is 5.63 Å². The second kappa shape index (κ2) is 10.0. The number of aromatic nitrogens is 3. The third-order valence-corrected chi connectivity index (χ3v) is 6.01. The van der Waals surface area contributed by atoms with Crippen molar-refractivity contribution < 1.29 is 23.7 Å². The number of unbranched alkanes of at least 4 members (excludes halogenated alkanes) is 2. The molecule has 0 spiro atoms. The Morgan fingerprint density at radius 1 is 1.00 bits per heavy atom. The Bertz CT molecular complexity index is 1580. The number of hydrogen-bond acceptors (Lipinski definition) is 9. The number of anilines is 1. The van der Waals surface area contributed by atoms with Gasteiger partial charge in [-0.15, -0.1) is 5.10 Å². The molecule has 2 aromatic carbocycles. The number of non-ortho nitro benzene ring substituents is 1. The van der Waals surface area contributed by atoms with Crippen molar-refractivity contribution in [3.05, 3.63) is 86.5 Å². The van der Waals surface area contributed by atoms with Gasteiger partial charge in [-0.2, -0.15) is 0 Å². The molecule has 0 aliphatic carbocycles. The van der Waals surface area contributed by atoms with Crippen molar-refractivity contribution in [2.24, 2.45) is 0 Å². The predicted molar refractivity (Wildman–Crippen MR) is 130 cm³/mol. The van der Waals surface area contributed by atoms with E-state index in [0.29, 0.717) is 47.6 Å². The van der Waals surface area contributed by atoms with Crippen LogP contribution in [0.1, 0.15) is 35.3 Å². The van der Waals surface area contributed by atoms with E-state index in [9.17, 15) is 24.5 Å². The molecular weight excluding hydrogens is 482 g/mol. The molecule has 5 rings (SSSR count). The molecule has 0 N–H and O–H groups in total. The number of nitro groups is 1. The highest BCUT2D eigenvalue weighted by Crippen LogP contribution is 2.32. The smallest absolute Gasteiger partial charge is 0.339 e. The standard InChI is InChI=1S/C25H21N5O7/c31-23-13-22(18-6-2-3-7-21(18)37-23)36-15-16-14-28(27-26-16)10-4-1-5-11-29-20-9-8-17(30(34)35)12-19(20)24(32)25(29)33/h2-3,6-9,12-14H,1,4-5,10-11,15H2. The average molecular weight is 503 g/mol. The Morgan fingerprint density at radius 3 is 2.65 bits per heavy atom. The molecule has 0 unspecified atom stereocenters. The maximum Gasteiger partial charge on any atom is 0.339 e. The summed E-state index contributed by atoms with van der Waals surface area (Å²) in [6.45, 7) is 1.07. The Balaban J connectivity index is 1.11. The van der Waals surface area contributed by atoms with Gasteiger partial charge < -0.3 is 14.1 Å². The molecule has 0 atom stereocenters. The summed E-state index contributed by atoms with van der Waals surface area (Å²) in [5.74, 6) is -0.978. The third kappa shape index (κ3) is 4.94. The van der Waals surface area contributed by atoms with E-state index < -0.39 is 22.2 Å². The van der Waals surface area contributed by atoms with E-state index in [1.807, 2.05) is 6.07 Å². The number of amides is 1. The van der Waals surface area contributed by atoms with Crippen molar-refractivity contribution in [2.45, 2.75) is 32.4 Å². The SMILES string of the molecule is O=C1C(=O)N(CCCCCn2cc(COc3cc(=O)oc4ccccc34)nn2)c2ccc([N+](=O)[O-])cc21. The molecule has 3 heterocycles. The van der Waals surface area contributed by atoms with Crippen LogP contribution in [0.5, 0.6) is 5.75 Å². The van der Waals surface area contributed by atoms with E-state index in [2.05, 4.69) is 10.3 Å². The number of fused-ring (bicyclic) bond motifs is 2. The summed E-state index contributed by atoms with van der Waals surface area (Å²) < 4.78 is 12.6. The highest BCUT2D eigenvalue weighted by Gasteiger charge is 2.36. The van der Waals surface area contributed by atoms with Crippen LogP contribution in [0, 0.1) is 10.1 Å². The number of para-hydroxylation sites is 1. The van der Waals surface area contributed by atoms with Gasteiger partial charge in [0, 0.05) is 25.2 Å². The second-order valence-electron chi connectivity index (χ2n) is 8.49. The fourth-order valence-corrected chi connectivity index (χ4v) is 4.21. The number of ketones is 1. The quantitative estimate of drug-likeness (QED) is 0.104. The van der Waals surface area contributed by atoms with Gasteiger partial charge in [-0.3, -0.25) is 24.4 Å². The van der Waals surface area contributed by atoms with E-state index in [1.54, 1.807) is 29.1 Å². The van der Waals surface area contributed by atoms with Gasteiger partial charge in [0.2, 0.25) is 0 Å². The average Bonchev–Trinajstić information content (AvgIpc) is 3.44. The zero-order valence-electron chi connectivity index (χ0n) is 19.5. The Hall–Kier alpha value is -4.87. The molecular formula is C25H21N5O7. The first-order valence-electron chi connectivity index (χ1n) is 11.6. The molecule has 1 amide bonds. The molecule has 12 nitrogen and oxygen atoms in total. The lowest BCUT2D eigenvalue weighted by Crippen LogP contribution is -2.30. The maximum atomic E-state index is 12.3. The van der Waals surface area contributed by atoms with E-state index in [0.717, 1.165) is 18.9 Å². The minimum absolute atomic E-state index is 0.0703. The topological polar surface area (TPSA) is 151 Å². The number of hydrogen-bond donors (Lipinski definition) is 0. The van der Waals surface area contributed by atoms with Gasteiger partial charge in [0.15, 0.2) is 0 Å². The number of carbonyl (C=O) groups is 2. The van der Waals surface area contributed by atoms with Crippen molar-refractivity contribution in [2.75, 3.05) is 11.4 Å². The first-order chi connectivity index (χ1) is 17.9. The first-order valence-corrected chi connectivity index (χ1v) is 11.6. The summed E-state index contributed by atoms with van der Waals surface area (Å²) >= 11 is 0. The summed E-state index contributed by atoms with van der Waals surface area (Å²) in [7, 11) is 0. The number of Topliss-reactive ketones (excluding diaryl/α,β-unsaturated/α-hetero) is 1. The number of nitrogens with zero attached hydrogens (tertiary/aromatic N) is 5.